The molecule has 0 amide bonds. The van der Waals surface area contributed by atoms with E-state index in [0.29, 0.717) is 0 Å². The molecule has 0 heterocycles. The Morgan fingerprint density at radius 3 is 1.88 bits per heavy atom. The second kappa shape index (κ2) is 2.46. The van der Waals surface area contributed by atoms with Crippen LogP contribution in [-0.4, -0.2) is 5.29 Å². The Morgan fingerprint density at radius 2 is 1.88 bits per heavy atom. The second-order valence-corrected chi connectivity index (χ2v) is 3.41. The van der Waals surface area contributed by atoms with Gasteiger partial charge in [-0.15, -0.1) is 8.86 Å². The molecular formula is C7H13P. The molecule has 1 heteroatoms. The molecule has 46 valence electrons. The highest BCUT2D eigenvalue weighted by atomic mass is 31.0. The average molecular weight is 128 g/mol. The van der Waals surface area contributed by atoms with E-state index in [-0.39, 0.29) is 5.41 Å². The van der Waals surface area contributed by atoms with E-state index in [1.165, 1.54) is 0 Å². The van der Waals surface area contributed by atoms with Gasteiger partial charge in [-0.05, 0) is 10.7 Å². The van der Waals surface area contributed by atoms with E-state index in [1.807, 2.05) is 6.08 Å². The van der Waals surface area contributed by atoms with Crippen molar-refractivity contribution in [3.8, 4) is 0 Å². The molecule has 0 unspecified atom stereocenters. The van der Waals surface area contributed by atoms with Crippen LogP contribution < -0.4 is 0 Å². The summed E-state index contributed by atoms with van der Waals surface area (Å²) < 4.78 is 0. The largest absolute Gasteiger partial charge is 0.118 e. The first-order valence-corrected chi connectivity index (χ1v) is 3.20. The van der Waals surface area contributed by atoms with E-state index in [9.17, 15) is 0 Å². The van der Waals surface area contributed by atoms with Gasteiger partial charge in [0.1, 0.15) is 0 Å². The van der Waals surface area contributed by atoms with Crippen molar-refractivity contribution >= 4 is 14.2 Å². The first-order valence-electron chi connectivity index (χ1n) is 2.70. The molecule has 0 saturated carbocycles. The van der Waals surface area contributed by atoms with Gasteiger partial charge in [-0.2, -0.15) is 0 Å². The average Bonchev–Trinajstić information content (AvgIpc) is 1.62. The molecule has 8 heavy (non-hydrogen) atoms. The Bertz CT molecular complexity index is 106. The minimum atomic E-state index is 0.221. The molecule has 0 aliphatic rings. The molecular weight excluding hydrogens is 115 g/mol. The van der Waals surface area contributed by atoms with Crippen LogP contribution in [-0.2, 0) is 0 Å². The predicted octanol–water partition coefficient (Wildman–Crippen LogP) is 2.53. The van der Waals surface area contributed by atoms with E-state index in [2.05, 4.69) is 36.2 Å². The van der Waals surface area contributed by atoms with E-state index < -0.39 is 0 Å². The summed E-state index contributed by atoms with van der Waals surface area (Å²) in [4.78, 5) is 0. The number of hydrogen-bond acceptors (Lipinski definition) is 0. The molecule has 0 N–H and O–H groups in total. The van der Waals surface area contributed by atoms with Crippen LogP contribution in [0.15, 0.2) is 12.7 Å². The maximum absolute atomic E-state index is 3.64. The van der Waals surface area contributed by atoms with Crippen molar-refractivity contribution in [2.24, 2.45) is 5.41 Å². The lowest BCUT2D eigenvalue weighted by molar-refractivity contribution is 0.603. The number of hydrogen-bond donors (Lipinski definition) is 0. The highest BCUT2D eigenvalue weighted by Gasteiger charge is 2.11. The minimum absolute atomic E-state index is 0.221. The molecule has 0 rings (SSSR count). The molecule has 0 aromatic rings. The van der Waals surface area contributed by atoms with E-state index >= 15 is 0 Å². The minimum Gasteiger partial charge on any atom is -0.118 e. The van der Waals surface area contributed by atoms with Gasteiger partial charge in [0, 0.05) is 0 Å². The van der Waals surface area contributed by atoms with Crippen molar-refractivity contribution in [2.45, 2.75) is 20.8 Å². The molecule has 0 bridgehead atoms. The van der Waals surface area contributed by atoms with Gasteiger partial charge in [0.25, 0.3) is 0 Å². The molecule has 0 saturated heterocycles. The summed E-state index contributed by atoms with van der Waals surface area (Å²) in [5.41, 5.74) is 0.221. The van der Waals surface area contributed by atoms with Gasteiger partial charge in [-0.3, -0.25) is 0 Å². The SMILES string of the molecule is C=CC(=P)C(C)(C)C. The second-order valence-electron chi connectivity index (χ2n) is 2.87. The van der Waals surface area contributed by atoms with Crippen LogP contribution in [0.1, 0.15) is 20.8 Å². The summed E-state index contributed by atoms with van der Waals surface area (Å²) in [6, 6.07) is 0. The summed E-state index contributed by atoms with van der Waals surface area (Å²) in [6.45, 7) is 10.0. The van der Waals surface area contributed by atoms with Gasteiger partial charge in [0.05, 0.1) is 0 Å². The van der Waals surface area contributed by atoms with Crippen LogP contribution in [0.4, 0.5) is 0 Å². The Morgan fingerprint density at radius 1 is 1.50 bits per heavy atom. The Kier molecular flexibility index (Phi) is 2.43. The van der Waals surface area contributed by atoms with Crippen LogP contribution in [0.5, 0.6) is 0 Å². The topological polar surface area (TPSA) is 0 Å². The first-order chi connectivity index (χ1) is 3.48. The fraction of sp³-hybridized carbons (Fsp3) is 0.571. The zero-order chi connectivity index (χ0) is 6.78. The summed E-state index contributed by atoms with van der Waals surface area (Å²) in [7, 11) is 3.44. The van der Waals surface area contributed by atoms with Gasteiger partial charge in [0.2, 0.25) is 0 Å². The lowest BCUT2D eigenvalue weighted by Gasteiger charge is -2.16. The van der Waals surface area contributed by atoms with Gasteiger partial charge in [-0.25, -0.2) is 0 Å². The van der Waals surface area contributed by atoms with Crippen molar-refractivity contribution in [1.82, 2.24) is 0 Å². The third kappa shape index (κ3) is 2.28. The van der Waals surface area contributed by atoms with Gasteiger partial charge in [0.15, 0.2) is 0 Å². The molecule has 0 spiro atoms. The third-order valence-corrected chi connectivity index (χ3v) is 1.97. The summed E-state index contributed by atoms with van der Waals surface area (Å²) in [6.07, 6.45) is 1.83. The van der Waals surface area contributed by atoms with Gasteiger partial charge >= 0.3 is 0 Å². The van der Waals surface area contributed by atoms with Crippen LogP contribution >= 0.6 is 8.86 Å². The lowest BCUT2D eigenvalue weighted by atomic mass is 9.92. The molecule has 0 aromatic heterocycles. The predicted molar refractivity (Wildman–Crippen MR) is 43.0 cm³/mol. The normalized spacial score (nSPS) is 10.9. The fourth-order valence-electron chi connectivity index (χ4n) is 0.306. The highest BCUT2D eigenvalue weighted by Crippen LogP contribution is 2.16. The molecule has 0 radical (unpaired) electrons. The zero-order valence-electron chi connectivity index (χ0n) is 5.78. The molecule has 0 aromatic carbocycles. The molecule has 0 aliphatic heterocycles. The summed E-state index contributed by atoms with van der Waals surface area (Å²) >= 11 is 0. The van der Waals surface area contributed by atoms with Crippen molar-refractivity contribution in [3.05, 3.63) is 12.7 Å². The Labute approximate surface area is 53.8 Å². The monoisotopic (exact) mass is 128 g/mol. The number of rotatable bonds is 1. The Balaban J connectivity index is 4.02. The quantitative estimate of drug-likeness (QED) is 0.476. The van der Waals surface area contributed by atoms with E-state index in [0.717, 1.165) is 5.29 Å². The van der Waals surface area contributed by atoms with E-state index in [1.54, 1.807) is 0 Å². The third-order valence-electron chi connectivity index (χ3n) is 1.01. The zero-order valence-corrected chi connectivity index (χ0v) is 6.78. The molecule has 0 fully saturated rings. The molecule has 0 nitrogen and oxygen atoms in total. The maximum atomic E-state index is 3.64. The van der Waals surface area contributed by atoms with Crippen LogP contribution in [0.25, 0.3) is 0 Å². The summed E-state index contributed by atoms with van der Waals surface area (Å²) in [5, 5.41) is 1.15. The van der Waals surface area contributed by atoms with Crippen molar-refractivity contribution < 1.29 is 0 Å². The summed E-state index contributed by atoms with van der Waals surface area (Å²) in [5.74, 6) is 0. The van der Waals surface area contributed by atoms with Gasteiger partial charge in [-0.1, -0.05) is 33.4 Å². The molecule has 0 atom stereocenters. The van der Waals surface area contributed by atoms with Crippen molar-refractivity contribution in [3.63, 3.8) is 0 Å². The van der Waals surface area contributed by atoms with Crippen molar-refractivity contribution in [2.75, 3.05) is 0 Å². The number of allylic oxidation sites excluding steroid dienone is 1. The Hall–Kier alpha value is -0.0900. The first kappa shape index (κ1) is 7.91. The molecule has 0 aliphatic carbocycles. The van der Waals surface area contributed by atoms with Gasteiger partial charge < -0.3 is 0 Å². The fourth-order valence-corrected chi connectivity index (χ4v) is 0.306. The van der Waals surface area contributed by atoms with Crippen LogP contribution in [0, 0.1) is 5.41 Å². The van der Waals surface area contributed by atoms with Crippen LogP contribution in [0.2, 0.25) is 0 Å². The standard InChI is InChI=1S/C7H13P/c1-5-6(8)7(2,3)4/h5,8H,1H2,2-4H3. The smallest absolute Gasteiger partial charge is 0.00942 e. The van der Waals surface area contributed by atoms with Crippen LogP contribution in [0.3, 0.4) is 0 Å². The maximum Gasteiger partial charge on any atom is -0.00942 e. The lowest BCUT2D eigenvalue weighted by Crippen LogP contribution is -2.14. The highest BCUT2D eigenvalue weighted by molar-refractivity contribution is 7.22. The van der Waals surface area contributed by atoms with Crippen molar-refractivity contribution in [1.29, 1.82) is 0 Å². The van der Waals surface area contributed by atoms with E-state index in [4.69, 9.17) is 0 Å².